The van der Waals surface area contributed by atoms with Crippen molar-refractivity contribution < 1.29 is 4.74 Å². The van der Waals surface area contributed by atoms with E-state index in [2.05, 4.69) is 27.0 Å². The van der Waals surface area contributed by atoms with Gasteiger partial charge in [-0.2, -0.15) is 0 Å². The van der Waals surface area contributed by atoms with Crippen LogP contribution in [-0.2, 0) is 6.42 Å². The molecule has 0 aliphatic carbocycles. The Labute approximate surface area is 96.7 Å². The quantitative estimate of drug-likeness (QED) is 0.899. The molecule has 15 heavy (non-hydrogen) atoms. The van der Waals surface area contributed by atoms with E-state index in [9.17, 15) is 0 Å². The number of benzene rings is 1. The van der Waals surface area contributed by atoms with Gasteiger partial charge in [0.2, 0.25) is 0 Å². The van der Waals surface area contributed by atoms with Gasteiger partial charge in [-0.15, -0.1) is 0 Å². The van der Waals surface area contributed by atoms with Gasteiger partial charge in [0.25, 0.3) is 0 Å². The summed E-state index contributed by atoms with van der Waals surface area (Å²) >= 11 is 3.48. The number of H-pyrrole nitrogens is 1. The Hall–Kier alpha value is -1.00. The van der Waals surface area contributed by atoms with Crippen LogP contribution in [-0.4, -0.2) is 18.6 Å². The van der Waals surface area contributed by atoms with Crippen LogP contribution in [0.25, 0.3) is 10.9 Å². The smallest absolute Gasteiger partial charge is 0.135 e. The van der Waals surface area contributed by atoms with Gasteiger partial charge in [-0.3, -0.25) is 0 Å². The van der Waals surface area contributed by atoms with Crippen molar-refractivity contribution in [3.8, 4) is 5.75 Å². The van der Waals surface area contributed by atoms with Crippen molar-refractivity contribution in [1.82, 2.24) is 4.98 Å². The lowest BCUT2D eigenvalue weighted by molar-refractivity contribution is 0.413. The molecule has 0 saturated carbocycles. The molecule has 3 nitrogen and oxygen atoms in total. The normalized spacial score (nSPS) is 10.9. The highest BCUT2D eigenvalue weighted by atomic mass is 79.9. The second kappa shape index (κ2) is 4.24. The zero-order valence-corrected chi connectivity index (χ0v) is 10.1. The van der Waals surface area contributed by atoms with E-state index in [1.807, 2.05) is 12.3 Å². The number of ether oxygens (including phenoxy) is 1. The highest BCUT2D eigenvalue weighted by Crippen LogP contribution is 2.31. The third-order valence-corrected chi connectivity index (χ3v) is 3.07. The van der Waals surface area contributed by atoms with Crippen LogP contribution in [0.5, 0.6) is 5.75 Å². The number of nitrogens with two attached hydrogens (primary N) is 1. The maximum Gasteiger partial charge on any atom is 0.135 e. The number of fused-ring (bicyclic) bond motifs is 1. The molecular formula is C11H13BrN2O. The number of halogens is 1. The molecule has 0 aliphatic heterocycles. The van der Waals surface area contributed by atoms with E-state index in [1.165, 1.54) is 10.9 Å². The highest BCUT2D eigenvalue weighted by molar-refractivity contribution is 9.10. The molecule has 0 saturated heterocycles. The zero-order chi connectivity index (χ0) is 10.8. The molecule has 0 amide bonds. The summed E-state index contributed by atoms with van der Waals surface area (Å²) in [5.74, 6) is 0.837. The second-order valence-corrected chi connectivity index (χ2v) is 4.24. The Morgan fingerprint density at radius 2 is 2.27 bits per heavy atom. The Morgan fingerprint density at radius 3 is 2.93 bits per heavy atom. The average Bonchev–Trinajstić information content (AvgIpc) is 2.61. The van der Waals surface area contributed by atoms with Crippen molar-refractivity contribution in [2.24, 2.45) is 5.73 Å². The van der Waals surface area contributed by atoms with E-state index in [0.717, 1.165) is 22.2 Å². The molecule has 3 N–H and O–H groups in total. The second-order valence-electron chi connectivity index (χ2n) is 3.38. The molecule has 0 unspecified atom stereocenters. The van der Waals surface area contributed by atoms with E-state index in [0.29, 0.717) is 6.54 Å². The Morgan fingerprint density at radius 1 is 1.47 bits per heavy atom. The van der Waals surface area contributed by atoms with E-state index in [-0.39, 0.29) is 0 Å². The fraction of sp³-hybridized carbons (Fsp3) is 0.273. The van der Waals surface area contributed by atoms with Gasteiger partial charge >= 0.3 is 0 Å². The number of nitrogens with one attached hydrogen (secondary N) is 1. The molecule has 0 radical (unpaired) electrons. The number of aromatic nitrogens is 1. The largest absolute Gasteiger partial charge is 0.495 e. The van der Waals surface area contributed by atoms with Gasteiger partial charge in [-0.05, 0) is 40.5 Å². The number of rotatable bonds is 3. The minimum atomic E-state index is 0.663. The molecule has 0 spiro atoms. The fourth-order valence-corrected chi connectivity index (χ4v) is 2.21. The SMILES string of the molecule is COc1cc2[nH]cc(CCN)c2cc1Br. The van der Waals surface area contributed by atoms with E-state index >= 15 is 0 Å². The summed E-state index contributed by atoms with van der Waals surface area (Å²) in [7, 11) is 1.66. The third-order valence-electron chi connectivity index (χ3n) is 2.45. The van der Waals surface area contributed by atoms with Crippen LogP contribution in [0.2, 0.25) is 0 Å². The van der Waals surface area contributed by atoms with Gasteiger partial charge < -0.3 is 15.5 Å². The molecule has 4 heteroatoms. The summed E-state index contributed by atoms with van der Waals surface area (Å²) in [6, 6.07) is 4.05. The monoisotopic (exact) mass is 268 g/mol. The summed E-state index contributed by atoms with van der Waals surface area (Å²) < 4.78 is 6.20. The molecule has 2 rings (SSSR count). The maximum atomic E-state index is 5.55. The fourth-order valence-electron chi connectivity index (χ4n) is 1.70. The number of hydrogen-bond acceptors (Lipinski definition) is 2. The molecule has 80 valence electrons. The Kier molecular flexibility index (Phi) is 2.98. The topological polar surface area (TPSA) is 51.0 Å². The first-order chi connectivity index (χ1) is 7.26. The van der Waals surface area contributed by atoms with Crippen LogP contribution >= 0.6 is 15.9 Å². The van der Waals surface area contributed by atoms with Crippen LogP contribution in [0.15, 0.2) is 22.8 Å². The van der Waals surface area contributed by atoms with Crippen molar-refractivity contribution in [2.75, 3.05) is 13.7 Å². The number of methoxy groups -OCH3 is 1. The van der Waals surface area contributed by atoms with Gasteiger partial charge in [0.1, 0.15) is 5.75 Å². The molecule has 2 aromatic rings. The molecule has 0 fully saturated rings. The summed E-state index contributed by atoms with van der Waals surface area (Å²) in [4.78, 5) is 3.22. The van der Waals surface area contributed by atoms with Crippen molar-refractivity contribution in [2.45, 2.75) is 6.42 Å². The van der Waals surface area contributed by atoms with Crippen LogP contribution in [0, 0.1) is 0 Å². The van der Waals surface area contributed by atoms with Gasteiger partial charge in [-0.25, -0.2) is 0 Å². The van der Waals surface area contributed by atoms with Crippen molar-refractivity contribution in [3.63, 3.8) is 0 Å². The van der Waals surface area contributed by atoms with Crippen LogP contribution < -0.4 is 10.5 Å². The van der Waals surface area contributed by atoms with Gasteiger partial charge in [0.05, 0.1) is 11.6 Å². The molecular weight excluding hydrogens is 256 g/mol. The van der Waals surface area contributed by atoms with Gasteiger partial charge in [0, 0.05) is 23.2 Å². The predicted octanol–water partition coefficient (Wildman–Crippen LogP) is 2.44. The minimum Gasteiger partial charge on any atom is -0.495 e. The van der Waals surface area contributed by atoms with Crippen LogP contribution in [0.1, 0.15) is 5.56 Å². The lowest BCUT2D eigenvalue weighted by atomic mass is 10.1. The minimum absolute atomic E-state index is 0.663. The summed E-state index contributed by atoms with van der Waals surface area (Å²) in [6.45, 7) is 0.663. The number of aromatic amines is 1. The summed E-state index contributed by atoms with van der Waals surface area (Å²) in [6.07, 6.45) is 2.89. The van der Waals surface area contributed by atoms with Crippen molar-refractivity contribution in [1.29, 1.82) is 0 Å². The van der Waals surface area contributed by atoms with E-state index in [4.69, 9.17) is 10.5 Å². The van der Waals surface area contributed by atoms with Crippen LogP contribution in [0.3, 0.4) is 0 Å². The lowest BCUT2D eigenvalue weighted by Gasteiger charge is -2.03. The average molecular weight is 269 g/mol. The first-order valence-corrected chi connectivity index (χ1v) is 5.59. The van der Waals surface area contributed by atoms with Gasteiger partial charge in [0.15, 0.2) is 0 Å². The first-order valence-electron chi connectivity index (χ1n) is 4.80. The first kappa shape index (κ1) is 10.5. The standard InChI is InChI=1S/C11H13BrN2O/c1-15-11-5-10-8(4-9(11)12)7(2-3-13)6-14-10/h4-6,14H,2-3,13H2,1H3. The molecule has 1 heterocycles. The summed E-state index contributed by atoms with van der Waals surface area (Å²) in [5.41, 5.74) is 7.88. The Bertz CT molecular complexity index is 479. The third kappa shape index (κ3) is 1.87. The number of hydrogen-bond donors (Lipinski definition) is 2. The Balaban J connectivity index is 2.57. The molecule has 0 bridgehead atoms. The summed E-state index contributed by atoms with van der Waals surface area (Å²) in [5, 5.41) is 1.20. The maximum absolute atomic E-state index is 5.55. The van der Waals surface area contributed by atoms with Crippen molar-refractivity contribution >= 4 is 26.8 Å². The highest BCUT2D eigenvalue weighted by Gasteiger charge is 2.07. The van der Waals surface area contributed by atoms with Gasteiger partial charge in [-0.1, -0.05) is 0 Å². The molecule has 1 aromatic heterocycles. The molecule has 0 aliphatic rings. The van der Waals surface area contributed by atoms with E-state index < -0.39 is 0 Å². The lowest BCUT2D eigenvalue weighted by Crippen LogP contribution is -2.01. The zero-order valence-electron chi connectivity index (χ0n) is 8.51. The van der Waals surface area contributed by atoms with Crippen LogP contribution in [0.4, 0.5) is 0 Å². The molecule has 1 aromatic carbocycles. The molecule has 0 atom stereocenters. The van der Waals surface area contributed by atoms with E-state index in [1.54, 1.807) is 7.11 Å². The van der Waals surface area contributed by atoms with Crippen molar-refractivity contribution in [3.05, 3.63) is 28.4 Å². The predicted molar refractivity (Wildman–Crippen MR) is 65.3 cm³/mol.